The van der Waals surface area contributed by atoms with Gasteiger partial charge >= 0.3 is 0 Å². The molecule has 0 aliphatic heterocycles. The van der Waals surface area contributed by atoms with Gasteiger partial charge in [0.15, 0.2) is 16.5 Å². The number of nitrogens with one attached hydrogen (secondary N) is 1. The van der Waals surface area contributed by atoms with Crippen LogP contribution in [0.5, 0.6) is 17.2 Å². The summed E-state index contributed by atoms with van der Waals surface area (Å²) >= 11 is 0. The Hall–Kier alpha value is -3.20. The van der Waals surface area contributed by atoms with Crippen LogP contribution in [0.4, 0.5) is 5.82 Å². The summed E-state index contributed by atoms with van der Waals surface area (Å²) in [5, 5.41) is 3.79. The third-order valence-electron chi connectivity index (χ3n) is 3.77. The van der Waals surface area contributed by atoms with Crippen LogP contribution in [0, 0.1) is 0 Å². The van der Waals surface area contributed by atoms with Gasteiger partial charge in [-0.1, -0.05) is 23.4 Å². The van der Waals surface area contributed by atoms with Crippen LogP contribution in [0.15, 0.2) is 57.9 Å². The normalized spacial score (nSPS) is 11.1. The van der Waals surface area contributed by atoms with Gasteiger partial charge in [-0.05, 0) is 24.3 Å². The van der Waals surface area contributed by atoms with Gasteiger partial charge in [0.2, 0.25) is 0 Å². The molecule has 8 nitrogen and oxygen atoms in total. The van der Waals surface area contributed by atoms with E-state index < -0.39 is 10.0 Å². The fraction of sp³-hybridized carbons (Fsp3) is 0.167. The monoisotopic (exact) mass is 390 g/mol. The molecule has 1 aromatic heterocycles. The first kappa shape index (κ1) is 18.6. The van der Waals surface area contributed by atoms with Crippen LogP contribution in [-0.2, 0) is 10.0 Å². The highest BCUT2D eigenvalue weighted by atomic mass is 32.2. The lowest BCUT2D eigenvalue weighted by atomic mass is 10.1. The summed E-state index contributed by atoms with van der Waals surface area (Å²) in [6.45, 7) is 0. The number of sulfonamides is 1. The van der Waals surface area contributed by atoms with Gasteiger partial charge in [-0.15, -0.1) is 0 Å². The summed E-state index contributed by atoms with van der Waals surface area (Å²) in [5.41, 5.74) is 0.646. The number of anilines is 1. The summed E-state index contributed by atoms with van der Waals surface area (Å²) in [5.74, 6) is 1.25. The molecule has 9 heteroatoms. The van der Waals surface area contributed by atoms with E-state index in [0.29, 0.717) is 17.1 Å². The van der Waals surface area contributed by atoms with Crippen molar-refractivity contribution in [1.29, 1.82) is 0 Å². The minimum Gasteiger partial charge on any atom is -0.496 e. The molecule has 3 aromatic rings. The van der Waals surface area contributed by atoms with Crippen molar-refractivity contribution in [3.05, 3.63) is 48.5 Å². The lowest BCUT2D eigenvalue weighted by Crippen LogP contribution is -2.15. The van der Waals surface area contributed by atoms with Crippen molar-refractivity contribution in [3.8, 4) is 28.6 Å². The van der Waals surface area contributed by atoms with Crippen molar-refractivity contribution in [1.82, 2.24) is 5.16 Å². The highest BCUT2D eigenvalue weighted by Gasteiger charge is 2.26. The average molecular weight is 390 g/mol. The van der Waals surface area contributed by atoms with Crippen LogP contribution in [0.3, 0.4) is 0 Å². The van der Waals surface area contributed by atoms with E-state index in [4.69, 9.17) is 18.7 Å². The molecule has 0 atom stereocenters. The maximum absolute atomic E-state index is 12.9. The molecule has 0 saturated carbocycles. The molecule has 3 rings (SSSR count). The maximum Gasteiger partial charge on any atom is 0.270 e. The second-order valence-corrected chi connectivity index (χ2v) is 6.99. The number of hydrogen-bond donors (Lipinski definition) is 1. The minimum atomic E-state index is -4.04. The van der Waals surface area contributed by atoms with Crippen LogP contribution in [0.1, 0.15) is 0 Å². The zero-order valence-corrected chi connectivity index (χ0v) is 15.7. The highest BCUT2D eigenvalue weighted by molar-refractivity contribution is 7.93. The van der Waals surface area contributed by atoms with Crippen molar-refractivity contribution >= 4 is 15.8 Å². The molecule has 0 unspecified atom stereocenters. The third-order valence-corrected chi connectivity index (χ3v) is 5.19. The molecule has 0 amide bonds. The van der Waals surface area contributed by atoms with E-state index in [2.05, 4.69) is 9.88 Å². The van der Waals surface area contributed by atoms with Gasteiger partial charge in [0, 0.05) is 6.07 Å². The number of nitrogens with zero attached hydrogens (tertiary/aromatic N) is 1. The molecule has 0 aliphatic rings. The van der Waals surface area contributed by atoms with Gasteiger partial charge in [0.25, 0.3) is 10.0 Å². The molecule has 2 aromatic carbocycles. The first-order valence-corrected chi connectivity index (χ1v) is 9.32. The van der Waals surface area contributed by atoms with Gasteiger partial charge in [0.1, 0.15) is 17.2 Å². The van der Waals surface area contributed by atoms with Gasteiger partial charge in [-0.3, -0.25) is 4.72 Å². The van der Waals surface area contributed by atoms with Gasteiger partial charge in [-0.25, -0.2) is 8.42 Å². The van der Waals surface area contributed by atoms with Crippen molar-refractivity contribution in [2.24, 2.45) is 0 Å². The van der Waals surface area contributed by atoms with E-state index in [1.54, 1.807) is 18.2 Å². The Morgan fingerprint density at radius 3 is 2.11 bits per heavy atom. The van der Waals surface area contributed by atoms with E-state index in [-0.39, 0.29) is 22.2 Å². The summed E-state index contributed by atoms with van der Waals surface area (Å²) in [6.07, 6.45) is 0. The van der Waals surface area contributed by atoms with Gasteiger partial charge in [-0.2, -0.15) is 0 Å². The molecule has 0 aliphatic carbocycles. The van der Waals surface area contributed by atoms with Crippen LogP contribution in [-0.4, -0.2) is 34.9 Å². The highest BCUT2D eigenvalue weighted by Crippen LogP contribution is 2.35. The predicted molar refractivity (Wildman–Crippen MR) is 98.8 cm³/mol. The average Bonchev–Trinajstić information content (AvgIpc) is 3.14. The Bertz CT molecular complexity index is 1020. The van der Waals surface area contributed by atoms with E-state index in [9.17, 15) is 8.42 Å². The molecule has 1 heterocycles. The molecule has 0 fully saturated rings. The molecule has 1 N–H and O–H groups in total. The number of hydrogen-bond acceptors (Lipinski definition) is 7. The predicted octanol–water partition coefficient (Wildman–Crippen LogP) is 3.17. The summed E-state index contributed by atoms with van der Waals surface area (Å²) in [7, 11) is 0.255. The number of benzene rings is 2. The zero-order chi connectivity index (χ0) is 19.4. The maximum atomic E-state index is 12.9. The largest absolute Gasteiger partial charge is 0.496 e. The van der Waals surface area contributed by atoms with E-state index in [1.807, 2.05) is 12.1 Å². The topological polar surface area (TPSA) is 99.9 Å². The molecule has 142 valence electrons. The second kappa shape index (κ2) is 7.58. The van der Waals surface area contributed by atoms with E-state index in [1.165, 1.54) is 39.5 Å². The summed E-state index contributed by atoms with van der Waals surface area (Å²) in [4.78, 5) is -0.128. The number of para-hydroxylation sites is 1. The number of rotatable bonds is 7. The second-order valence-electron chi connectivity index (χ2n) is 5.37. The number of aromatic nitrogens is 1. The fourth-order valence-corrected chi connectivity index (χ4v) is 3.88. The SMILES string of the molecule is COc1ccccc1-c1cc(NS(=O)(=O)c2c(OC)cccc2OC)no1. The number of ether oxygens (including phenoxy) is 3. The van der Waals surface area contributed by atoms with E-state index >= 15 is 0 Å². The quantitative estimate of drug-likeness (QED) is 0.661. The zero-order valence-electron chi connectivity index (χ0n) is 14.9. The van der Waals surface area contributed by atoms with Gasteiger partial charge in [0.05, 0.1) is 26.9 Å². The summed E-state index contributed by atoms with van der Waals surface area (Å²) in [6, 6.07) is 13.3. The van der Waals surface area contributed by atoms with Crippen molar-refractivity contribution in [2.75, 3.05) is 26.1 Å². The lowest BCUT2D eigenvalue weighted by molar-refractivity contribution is 0.373. The molecular formula is C18H18N2O6S. The Morgan fingerprint density at radius 1 is 0.889 bits per heavy atom. The smallest absolute Gasteiger partial charge is 0.270 e. The molecule has 27 heavy (non-hydrogen) atoms. The number of methoxy groups -OCH3 is 3. The van der Waals surface area contributed by atoms with Crippen LogP contribution < -0.4 is 18.9 Å². The Kier molecular flexibility index (Phi) is 5.22. The molecule has 0 spiro atoms. The third kappa shape index (κ3) is 3.68. The summed E-state index contributed by atoms with van der Waals surface area (Å²) < 4.78 is 48.9. The van der Waals surface area contributed by atoms with Gasteiger partial charge < -0.3 is 18.7 Å². The Morgan fingerprint density at radius 2 is 1.48 bits per heavy atom. The molecule has 0 radical (unpaired) electrons. The molecule has 0 bridgehead atoms. The van der Waals surface area contributed by atoms with Crippen LogP contribution in [0.25, 0.3) is 11.3 Å². The van der Waals surface area contributed by atoms with Crippen molar-refractivity contribution in [3.63, 3.8) is 0 Å². The van der Waals surface area contributed by atoms with E-state index in [0.717, 1.165) is 0 Å². The molecule has 0 saturated heterocycles. The van der Waals surface area contributed by atoms with Crippen LogP contribution in [0.2, 0.25) is 0 Å². The van der Waals surface area contributed by atoms with Crippen molar-refractivity contribution < 1.29 is 27.2 Å². The fourth-order valence-electron chi connectivity index (χ4n) is 2.57. The standard InChI is InChI=1S/C18H18N2O6S/c1-23-13-8-5-4-7-12(13)16-11-17(19-26-16)20-27(21,22)18-14(24-2)9-6-10-15(18)25-3/h4-11H,1-3H3,(H,19,20). The van der Waals surface area contributed by atoms with Crippen molar-refractivity contribution in [2.45, 2.75) is 4.90 Å². The minimum absolute atomic E-state index is 0.0175. The van der Waals surface area contributed by atoms with Crippen LogP contribution >= 0.6 is 0 Å². The Balaban J connectivity index is 1.96. The first-order chi connectivity index (χ1) is 13.0. The first-order valence-electron chi connectivity index (χ1n) is 7.84. The Labute approximate surface area is 156 Å². The lowest BCUT2D eigenvalue weighted by Gasteiger charge is -2.13. The molecular weight excluding hydrogens is 372 g/mol.